The fourth-order valence-corrected chi connectivity index (χ4v) is 7.96. The number of nitrogens with zero attached hydrogens (tertiary/aromatic N) is 1. The molecule has 1 heterocycles. The topological polar surface area (TPSA) is 139 Å². The van der Waals surface area contributed by atoms with Crippen molar-refractivity contribution in [3.8, 4) is 5.75 Å². The Bertz CT molecular complexity index is 1770. The van der Waals surface area contributed by atoms with Gasteiger partial charge < -0.3 is 20.5 Å². The summed E-state index contributed by atoms with van der Waals surface area (Å²) in [5, 5.41) is 8.72. The zero-order chi connectivity index (χ0) is 35.7. The van der Waals surface area contributed by atoms with E-state index in [1.807, 2.05) is 6.07 Å². The summed E-state index contributed by atoms with van der Waals surface area (Å²) in [6.45, 7) is 0.430. The van der Waals surface area contributed by atoms with E-state index in [4.69, 9.17) is 32.0 Å². The number of aliphatic carboxylic acids is 1. The van der Waals surface area contributed by atoms with Crippen molar-refractivity contribution < 1.29 is 49.8 Å². The summed E-state index contributed by atoms with van der Waals surface area (Å²) in [5.74, 6) is -6.90. The molecule has 3 aliphatic rings. The number of carbonyl (C=O) groups is 2. The molecule has 2 saturated carbocycles. The zero-order valence-corrected chi connectivity index (χ0v) is 27.6. The van der Waals surface area contributed by atoms with E-state index in [0.717, 1.165) is 56.0 Å². The van der Waals surface area contributed by atoms with Crippen molar-refractivity contribution in [3.63, 3.8) is 0 Å². The predicted molar refractivity (Wildman–Crippen MR) is 171 cm³/mol. The first-order valence-electron chi connectivity index (χ1n) is 15.7. The summed E-state index contributed by atoms with van der Waals surface area (Å²) >= 11 is 5.91. The Hall–Kier alpha value is -3.53. The number of halogens is 6. The quantitative estimate of drug-likeness (QED) is 0.239. The van der Waals surface area contributed by atoms with Gasteiger partial charge in [0.1, 0.15) is 5.75 Å². The molecule has 2 aliphatic carbocycles. The Morgan fingerprint density at radius 1 is 0.898 bits per heavy atom. The van der Waals surface area contributed by atoms with Gasteiger partial charge in [-0.25, -0.2) is 13.2 Å². The summed E-state index contributed by atoms with van der Waals surface area (Å²) in [4.78, 5) is 23.8. The number of piperidine rings is 1. The molecule has 0 aromatic heterocycles. The van der Waals surface area contributed by atoms with Crippen molar-refractivity contribution in [1.82, 2.24) is 9.62 Å². The number of amides is 1. The fourth-order valence-electron chi connectivity index (χ4n) is 6.61. The van der Waals surface area contributed by atoms with Crippen LogP contribution in [0, 0.1) is 11.8 Å². The lowest BCUT2D eigenvalue weighted by atomic mass is 9.92. The number of benzene rings is 3. The standard InChI is InChI=1S/C31H34ClF2N3O4S.C2HF3O2/c32-24-11-9-23(10-12-24)31(33,34)29(30(38)37-17-21-5-6-22(18-37)28(21)35)36-42(39,40)27-14-8-19-15-26(13-7-20(19)16-27)41-25-3-1-2-4-25;3-2(4,5)1(6)7/h7-16,21-22,25,28-29,36H,1-6,17-18,35H2;(H,6,7)/t21?,22?,28?,29-;/m0./s1. The van der Waals surface area contributed by atoms with Crippen molar-refractivity contribution >= 4 is 44.3 Å². The van der Waals surface area contributed by atoms with Gasteiger partial charge in [-0.1, -0.05) is 35.9 Å². The average Bonchev–Trinajstić information content (AvgIpc) is 3.61. The van der Waals surface area contributed by atoms with E-state index in [2.05, 4.69) is 4.72 Å². The number of hydrogen-bond donors (Lipinski definition) is 3. The van der Waals surface area contributed by atoms with Crippen LogP contribution in [-0.4, -0.2) is 67.8 Å². The lowest BCUT2D eigenvalue weighted by Crippen LogP contribution is -2.60. The minimum atomic E-state index is -5.08. The summed E-state index contributed by atoms with van der Waals surface area (Å²) in [6, 6.07) is 12.1. The molecule has 3 aromatic rings. The number of fused-ring (bicyclic) bond motifs is 3. The van der Waals surface area contributed by atoms with Gasteiger partial charge in [0, 0.05) is 29.7 Å². The highest BCUT2D eigenvalue weighted by molar-refractivity contribution is 7.89. The number of ether oxygens (including phenoxy) is 1. The third-order valence-corrected chi connectivity index (χ3v) is 10.9. The lowest BCUT2D eigenvalue weighted by molar-refractivity contribution is -0.192. The van der Waals surface area contributed by atoms with Gasteiger partial charge in [-0.15, -0.1) is 0 Å². The first kappa shape index (κ1) is 36.7. The Labute approximate surface area is 284 Å². The highest BCUT2D eigenvalue weighted by Crippen LogP contribution is 2.39. The molecule has 2 unspecified atom stereocenters. The average molecular weight is 732 g/mol. The van der Waals surface area contributed by atoms with Gasteiger partial charge in [0.25, 0.3) is 5.92 Å². The number of likely N-dealkylation sites (tertiary alicyclic amines) is 1. The number of carboxylic acids is 1. The Morgan fingerprint density at radius 3 is 2.02 bits per heavy atom. The second-order valence-corrected chi connectivity index (χ2v) is 14.8. The number of nitrogens with one attached hydrogen (secondary N) is 1. The predicted octanol–water partition coefficient (Wildman–Crippen LogP) is 6.08. The van der Waals surface area contributed by atoms with Crippen LogP contribution >= 0.6 is 11.6 Å². The van der Waals surface area contributed by atoms with Crippen molar-refractivity contribution in [2.45, 2.75) is 73.7 Å². The summed E-state index contributed by atoms with van der Waals surface area (Å²) < 4.78 is 99.3. The number of carbonyl (C=O) groups excluding carboxylic acids is 1. The smallest absolute Gasteiger partial charge is 0.490 e. The van der Waals surface area contributed by atoms with Crippen LogP contribution in [0.15, 0.2) is 65.6 Å². The summed E-state index contributed by atoms with van der Waals surface area (Å²) in [5.41, 5.74) is 5.75. The van der Waals surface area contributed by atoms with E-state index in [1.165, 1.54) is 29.2 Å². The van der Waals surface area contributed by atoms with E-state index in [0.29, 0.717) is 11.1 Å². The maximum absolute atomic E-state index is 16.1. The van der Waals surface area contributed by atoms with E-state index in [9.17, 15) is 26.4 Å². The van der Waals surface area contributed by atoms with Gasteiger partial charge in [0.05, 0.1) is 11.0 Å². The normalized spacial score (nSPS) is 22.0. The maximum atomic E-state index is 16.1. The van der Waals surface area contributed by atoms with Crippen molar-refractivity contribution in [2.75, 3.05) is 13.1 Å². The van der Waals surface area contributed by atoms with Crippen LogP contribution < -0.4 is 15.2 Å². The van der Waals surface area contributed by atoms with E-state index in [1.54, 1.807) is 18.2 Å². The largest absolute Gasteiger partial charge is 0.490 e. The second kappa shape index (κ2) is 14.4. The highest BCUT2D eigenvalue weighted by Gasteiger charge is 2.52. The van der Waals surface area contributed by atoms with Crippen LogP contribution in [0.1, 0.15) is 44.1 Å². The summed E-state index contributed by atoms with van der Waals surface area (Å²) in [6.07, 6.45) is 1.00. The molecule has 1 amide bonds. The maximum Gasteiger partial charge on any atom is 0.490 e. The van der Waals surface area contributed by atoms with Crippen molar-refractivity contribution in [3.05, 3.63) is 71.2 Å². The van der Waals surface area contributed by atoms with Gasteiger partial charge in [-0.05, 0) is 97.5 Å². The molecule has 1 aliphatic heterocycles. The molecule has 266 valence electrons. The zero-order valence-electron chi connectivity index (χ0n) is 26.0. The number of nitrogens with two attached hydrogens (primary N) is 1. The van der Waals surface area contributed by atoms with Gasteiger partial charge in [0.15, 0.2) is 6.04 Å². The lowest BCUT2D eigenvalue weighted by Gasteiger charge is -2.39. The first-order valence-corrected chi connectivity index (χ1v) is 17.5. The van der Waals surface area contributed by atoms with E-state index in [-0.39, 0.29) is 47.0 Å². The molecule has 3 aromatic carbocycles. The monoisotopic (exact) mass is 731 g/mol. The molecule has 49 heavy (non-hydrogen) atoms. The van der Waals surface area contributed by atoms with Gasteiger partial charge >= 0.3 is 12.1 Å². The second-order valence-electron chi connectivity index (χ2n) is 12.6. The Kier molecular flexibility index (Phi) is 10.8. The number of hydrogen-bond acceptors (Lipinski definition) is 6. The fraction of sp³-hybridized carbons (Fsp3) is 0.455. The van der Waals surface area contributed by atoms with Crippen LogP contribution in [0.3, 0.4) is 0 Å². The molecule has 0 spiro atoms. The highest BCUT2D eigenvalue weighted by atomic mass is 35.5. The van der Waals surface area contributed by atoms with E-state index < -0.39 is 45.6 Å². The van der Waals surface area contributed by atoms with Gasteiger partial charge in [-0.2, -0.15) is 26.7 Å². The molecule has 6 rings (SSSR count). The van der Waals surface area contributed by atoms with Crippen LogP contribution in [0.5, 0.6) is 5.75 Å². The Balaban J connectivity index is 0.000000606. The molecule has 3 atom stereocenters. The van der Waals surface area contributed by atoms with Crippen molar-refractivity contribution in [1.29, 1.82) is 0 Å². The minimum Gasteiger partial charge on any atom is -0.490 e. The Morgan fingerprint density at radius 2 is 1.45 bits per heavy atom. The summed E-state index contributed by atoms with van der Waals surface area (Å²) in [7, 11) is -4.54. The third kappa shape index (κ3) is 8.44. The van der Waals surface area contributed by atoms with Crippen LogP contribution in [0.2, 0.25) is 5.02 Å². The number of alkyl halides is 5. The molecule has 3 fully saturated rings. The molecular formula is C33H35ClF5N3O6S. The van der Waals surface area contributed by atoms with E-state index >= 15 is 8.78 Å². The number of sulfonamides is 1. The van der Waals surface area contributed by atoms with Crippen LogP contribution in [0.4, 0.5) is 22.0 Å². The molecule has 4 N–H and O–H groups in total. The third-order valence-electron chi connectivity index (χ3n) is 9.27. The number of carboxylic acid groups (broad SMARTS) is 1. The van der Waals surface area contributed by atoms with Gasteiger partial charge in [-0.3, -0.25) is 4.79 Å². The van der Waals surface area contributed by atoms with Crippen LogP contribution in [-0.2, 0) is 25.5 Å². The number of rotatable bonds is 8. The molecule has 1 saturated heterocycles. The minimum absolute atomic E-state index is 0.00265. The van der Waals surface area contributed by atoms with Crippen molar-refractivity contribution in [2.24, 2.45) is 17.6 Å². The SMILES string of the molecule is NC1C2CCC1CN(C(=O)[C@H](NS(=O)(=O)c1ccc3cc(OC4CCCC4)ccc3c1)C(F)(F)c1ccc(Cl)cc1)C2.O=C(O)C(F)(F)F. The van der Waals surface area contributed by atoms with Gasteiger partial charge in [0.2, 0.25) is 15.9 Å². The molecular weight excluding hydrogens is 697 g/mol. The molecule has 2 bridgehead atoms. The van der Waals surface area contributed by atoms with Crippen LogP contribution in [0.25, 0.3) is 10.8 Å². The molecule has 9 nitrogen and oxygen atoms in total. The first-order chi connectivity index (χ1) is 23.0. The molecule has 16 heteroatoms. The molecule has 0 radical (unpaired) electrons.